The summed E-state index contributed by atoms with van der Waals surface area (Å²) in [6, 6.07) is 11.4. The fourth-order valence-electron chi connectivity index (χ4n) is 2.77. The van der Waals surface area contributed by atoms with Crippen molar-refractivity contribution in [3.63, 3.8) is 0 Å². The van der Waals surface area contributed by atoms with Crippen LogP contribution in [0.2, 0.25) is 0 Å². The van der Waals surface area contributed by atoms with Crippen LogP contribution in [0.15, 0.2) is 43.0 Å². The van der Waals surface area contributed by atoms with Crippen molar-refractivity contribution in [3.8, 4) is 0 Å². The van der Waals surface area contributed by atoms with E-state index in [2.05, 4.69) is 31.8 Å². The van der Waals surface area contributed by atoms with E-state index in [1.807, 2.05) is 59.7 Å². The lowest BCUT2D eigenvalue weighted by Gasteiger charge is -2.21. The molecule has 0 fully saturated rings. The first-order valence-corrected chi connectivity index (χ1v) is 9.74. The fraction of sp³-hybridized carbons (Fsp3) is 0.417. The third-order valence-electron chi connectivity index (χ3n) is 4.05. The second-order valence-corrected chi connectivity index (χ2v) is 5.84. The second kappa shape index (κ2) is 12.3. The van der Waals surface area contributed by atoms with Crippen LogP contribution in [0.3, 0.4) is 0 Å². The highest BCUT2D eigenvalue weighted by Crippen LogP contribution is 2.28. The summed E-state index contributed by atoms with van der Waals surface area (Å²) in [6.07, 6.45) is 0.826. The highest BCUT2D eigenvalue weighted by atomic mass is 19.1. The molecule has 2 aromatic rings. The molecule has 0 radical (unpaired) electrons. The molecule has 2 heteroatoms. The van der Waals surface area contributed by atoms with E-state index in [1.165, 1.54) is 6.07 Å². The number of hydrogen-bond acceptors (Lipinski definition) is 1. The van der Waals surface area contributed by atoms with Gasteiger partial charge in [0.2, 0.25) is 0 Å². The standard InChI is InChI=1S/C20H24FN.2C2H6/c1-6-16-8-7-9-18(21)20(16)15(5)22-19-11-10-17(13(2)3)12-14(19)4;2*1-2/h7-12,15,22H,2,6H2,1,3-5H3;2*1-2H3. The summed E-state index contributed by atoms with van der Waals surface area (Å²) in [5.41, 5.74) is 6.16. The molecule has 1 N–H and O–H groups in total. The van der Waals surface area contributed by atoms with E-state index in [1.54, 1.807) is 6.07 Å². The fourth-order valence-corrected chi connectivity index (χ4v) is 2.77. The van der Waals surface area contributed by atoms with Crippen molar-refractivity contribution in [2.45, 2.75) is 67.9 Å². The Morgan fingerprint density at radius 3 is 2.23 bits per heavy atom. The SMILES string of the molecule is C=C(C)c1ccc(NC(C)c2c(F)cccc2CC)c(C)c1.CC.CC. The Labute approximate surface area is 160 Å². The smallest absolute Gasteiger partial charge is 0.128 e. The van der Waals surface area contributed by atoms with Crippen LogP contribution >= 0.6 is 0 Å². The molecule has 0 aliphatic carbocycles. The van der Waals surface area contributed by atoms with Crippen LogP contribution in [-0.4, -0.2) is 0 Å². The molecule has 0 spiro atoms. The Balaban J connectivity index is 0.00000146. The van der Waals surface area contributed by atoms with Crippen molar-refractivity contribution >= 4 is 11.3 Å². The van der Waals surface area contributed by atoms with E-state index in [0.717, 1.165) is 39.9 Å². The summed E-state index contributed by atoms with van der Waals surface area (Å²) in [4.78, 5) is 0. The lowest BCUT2D eigenvalue weighted by molar-refractivity contribution is 0.596. The Morgan fingerprint density at radius 1 is 1.12 bits per heavy atom. The molecule has 0 aliphatic rings. The number of rotatable bonds is 5. The van der Waals surface area contributed by atoms with Gasteiger partial charge in [-0.05, 0) is 62.1 Å². The Morgan fingerprint density at radius 2 is 1.73 bits per heavy atom. The summed E-state index contributed by atoms with van der Waals surface area (Å²) in [5, 5.41) is 3.44. The molecule has 2 aromatic carbocycles. The molecule has 1 unspecified atom stereocenters. The molecule has 0 aromatic heterocycles. The molecule has 0 aliphatic heterocycles. The first-order valence-electron chi connectivity index (χ1n) is 9.74. The highest BCUT2D eigenvalue weighted by molar-refractivity contribution is 5.66. The third kappa shape index (κ3) is 6.33. The predicted octanol–water partition coefficient (Wildman–Crippen LogP) is 7.96. The summed E-state index contributed by atoms with van der Waals surface area (Å²) in [7, 11) is 0. The van der Waals surface area contributed by atoms with Crippen LogP contribution in [0.5, 0.6) is 0 Å². The molecule has 2 rings (SSSR count). The first kappa shape index (κ1) is 23.9. The van der Waals surface area contributed by atoms with Gasteiger partial charge in [-0.25, -0.2) is 4.39 Å². The van der Waals surface area contributed by atoms with Gasteiger partial charge in [0.1, 0.15) is 5.82 Å². The monoisotopic (exact) mass is 357 g/mol. The maximum absolute atomic E-state index is 14.2. The topological polar surface area (TPSA) is 12.0 Å². The molecule has 0 heterocycles. The molecule has 26 heavy (non-hydrogen) atoms. The summed E-state index contributed by atoms with van der Waals surface area (Å²) in [6.45, 7) is 20.1. The largest absolute Gasteiger partial charge is 0.378 e. The molecule has 144 valence electrons. The van der Waals surface area contributed by atoms with Gasteiger partial charge < -0.3 is 5.32 Å². The number of nitrogens with one attached hydrogen (secondary N) is 1. The summed E-state index contributed by atoms with van der Waals surface area (Å²) >= 11 is 0. The maximum atomic E-state index is 14.2. The van der Waals surface area contributed by atoms with E-state index in [4.69, 9.17) is 0 Å². The average Bonchev–Trinajstić information content (AvgIpc) is 2.66. The van der Waals surface area contributed by atoms with Crippen LogP contribution < -0.4 is 5.32 Å². The lowest BCUT2D eigenvalue weighted by atomic mass is 9.98. The van der Waals surface area contributed by atoms with Crippen LogP contribution in [0.1, 0.15) is 76.8 Å². The second-order valence-electron chi connectivity index (χ2n) is 5.84. The Hall–Kier alpha value is -2.09. The minimum Gasteiger partial charge on any atom is -0.378 e. The van der Waals surface area contributed by atoms with E-state index < -0.39 is 0 Å². The van der Waals surface area contributed by atoms with E-state index in [9.17, 15) is 4.39 Å². The van der Waals surface area contributed by atoms with Gasteiger partial charge in [0, 0.05) is 11.3 Å². The number of hydrogen-bond donors (Lipinski definition) is 1. The van der Waals surface area contributed by atoms with Crippen LogP contribution in [-0.2, 0) is 6.42 Å². The molecular formula is C24H36FN. The van der Waals surface area contributed by atoms with Gasteiger partial charge in [0.15, 0.2) is 0 Å². The average molecular weight is 358 g/mol. The van der Waals surface area contributed by atoms with Crippen molar-refractivity contribution in [3.05, 3.63) is 71.0 Å². The van der Waals surface area contributed by atoms with Crippen molar-refractivity contribution in [1.29, 1.82) is 0 Å². The number of aryl methyl sites for hydroxylation is 2. The minimum absolute atomic E-state index is 0.0782. The molecule has 0 amide bonds. The quantitative estimate of drug-likeness (QED) is 0.572. The Bertz CT molecular complexity index is 689. The van der Waals surface area contributed by atoms with Crippen LogP contribution in [0.4, 0.5) is 10.1 Å². The van der Waals surface area contributed by atoms with Crippen LogP contribution in [0, 0.1) is 12.7 Å². The summed E-state index contributed by atoms with van der Waals surface area (Å²) < 4.78 is 14.2. The van der Waals surface area contributed by atoms with Gasteiger partial charge in [-0.3, -0.25) is 0 Å². The van der Waals surface area contributed by atoms with Crippen molar-refractivity contribution in [2.24, 2.45) is 0 Å². The number of anilines is 1. The van der Waals surface area contributed by atoms with Gasteiger partial charge in [0.05, 0.1) is 6.04 Å². The lowest BCUT2D eigenvalue weighted by Crippen LogP contribution is -2.12. The Kier molecular flexibility index (Phi) is 11.3. The first-order chi connectivity index (χ1) is 12.4. The normalized spacial score (nSPS) is 10.7. The van der Waals surface area contributed by atoms with Gasteiger partial charge >= 0.3 is 0 Å². The number of halogens is 1. The third-order valence-corrected chi connectivity index (χ3v) is 4.05. The summed E-state index contributed by atoms with van der Waals surface area (Å²) in [5.74, 6) is -0.143. The molecule has 0 saturated carbocycles. The molecule has 0 saturated heterocycles. The highest BCUT2D eigenvalue weighted by Gasteiger charge is 2.15. The maximum Gasteiger partial charge on any atom is 0.128 e. The van der Waals surface area contributed by atoms with Crippen molar-refractivity contribution in [2.75, 3.05) is 5.32 Å². The van der Waals surface area contributed by atoms with E-state index in [0.29, 0.717) is 0 Å². The van der Waals surface area contributed by atoms with Gasteiger partial charge in [-0.2, -0.15) is 0 Å². The molecular weight excluding hydrogens is 321 g/mol. The van der Waals surface area contributed by atoms with Gasteiger partial charge in [0.25, 0.3) is 0 Å². The number of benzene rings is 2. The zero-order chi connectivity index (χ0) is 20.3. The zero-order valence-corrected chi connectivity index (χ0v) is 17.8. The predicted molar refractivity (Wildman–Crippen MR) is 116 cm³/mol. The zero-order valence-electron chi connectivity index (χ0n) is 17.8. The van der Waals surface area contributed by atoms with E-state index >= 15 is 0 Å². The van der Waals surface area contributed by atoms with E-state index in [-0.39, 0.29) is 11.9 Å². The molecule has 1 nitrogen and oxygen atoms in total. The van der Waals surface area contributed by atoms with Gasteiger partial charge in [-0.1, -0.05) is 65.0 Å². The number of allylic oxidation sites excluding steroid dienone is 1. The van der Waals surface area contributed by atoms with Crippen molar-refractivity contribution in [1.82, 2.24) is 0 Å². The molecule has 0 bridgehead atoms. The van der Waals surface area contributed by atoms with Crippen LogP contribution in [0.25, 0.3) is 5.57 Å². The van der Waals surface area contributed by atoms with Gasteiger partial charge in [-0.15, -0.1) is 0 Å². The van der Waals surface area contributed by atoms with Crippen molar-refractivity contribution < 1.29 is 4.39 Å². The minimum atomic E-state index is -0.143. The molecule has 1 atom stereocenters.